The van der Waals surface area contributed by atoms with E-state index >= 15 is 0 Å². The zero-order valence-corrected chi connectivity index (χ0v) is 8.59. The van der Waals surface area contributed by atoms with Crippen LogP contribution < -0.4 is 5.73 Å². The Morgan fingerprint density at radius 2 is 2.00 bits per heavy atom. The molecule has 2 rings (SSSR count). The average Bonchev–Trinajstić information content (AvgIpc) is 2.33. The van der Waals surface area contributed by atoms with Crippen LogP contribution in [0.2, 0.25) is 0 Å². The highest BCUT2D eigenvalue weighted by Gasteiger charge is 2.03. The van der Waals surface area contributed by atoms with Crippen molar-refractivity contribution < 1.29 is 0 Å². The molecular formula is C12H10N4. The quantitative estimate of drug-likeness (QED) is 0.819. The second kappa shape index (κ2) is 4.41. The van der Waals surface area contributed by atoms with Crippen molar-refractivity contribution >= 4 is 5.82 Å². The number of nitrogens with zero attached hydrogens (tertiary/aromatic N) is 3. The zero-order chi connectivity index (χ0) is 11.4. The number of aromatic nitrogens is 2. The maximum atomic E-state index is 8.66. The van der Waals surface area contributed by atoms with Gasteiger partial charge in [-0.3, -0.25) is 4.98 Å². The Labute approximate surface area is 93.4 Å². The van der Waals surface area contributed by atoms with E-state index in [1.165, 1.54) is 0 Å². The standard InChI is InChI=1S/C12H10N4/c13-4-1-10-7-11(8-16-12(10)14)9-2-5-15-6-3-9/h2-3,5-8H,1H2,(H2,14,16). The van der Waals surface area contributed by atoms with E-state index in [0.29, 0.717) is 5.82 Å². The maximum absolute atomic E-state index is 8.66. The number of rotatable bonds is 2. The Morgan fingerprint density at radius 3 is 2.69 bits per heavy atom. The maximum Gasteiger partial charge on any atom is 0.127 e. The highest BCUT2D eigenvalue weighted by atomic mass is 14.8. The van der Waals surface area contributed by atoms with E-state index in [1.54, 1.807) is 18.6 Å². The Kier molecular flexibility index (Phi) is 2.79. The summed E-state index contributed by atoms with van der Waals surface area (Å²) in [6, 6.07) is 7.75. The highest BCUT2D eigenvalue weighted by Crippen LogP contribution is 2.21. The molecule has 2 heterocycles. The van der Waals surface area contributed by atoms with Gasteiger partial charge in [0.05, 0.1) is 12.5 Å². The van der Waals surface area contributed by atoms with Gasteiger partial charge in [-0.15, -0.1) is 0 Å². The third kappa shape index (κ3) is 1.98. The minimum absolute atomic E-state index is 0.276. The fourth-order valence-electron chi connectivity index (χ4n) is 1.45. The minimum atomic E-state index is 0.276. The highest BCUT2D eigenvalue weighted by molar-refractivity contribution is 5.64. The van der Waals surface area contributed by atoms with Gasteiger partial charge < -0.3 is 5.73 Å². The van der Waals surface area contributed by atoms with Crippen molar-refractivity contribution in [3.63, 3.8) is 0 Å². The summed E-state index contributed by atoms with van der Waals surface area (Å²) in [5.41, 5.74) is 8.40. The molecule has 0 aliphatic heterocycles. The van der Waals surface area contributed by atoms with Gasteiger partial charge in [-0.1, -0.05) is 0 Å². The second-order valence-corrected chi connectivity index (χ2v) is 3.34. The molecule has 0 saturated heterocycles. The first-order valence-electron chi connectivity index (χ1n) is 4.83. The third-order valence-electron chi connectivity index (χ3n) is 2.28. The lowest BCUT2D eigenvalue weighted by Crippen LogP contribution is -1.97. The molecule has 78 valence electrons. The Balaban J connectivity index is 2.45. The summed E-state index contributed by atoms with van der Waals surface area (Å²) in [7, 11) is 0. The fraction of sp³-hybridized carbons (Fsp3) is 0.0833. The van der Waals surface area contributed by atoms with E-state index in [-0.39, 0.29) is 6.42 Å². The zero-order valence-electron chi connectivity index (χ0n) is 8.59. The summed E-state index contributed by atoms with van der Waals surface area (Å²) in [6.45, 7) is 0. The molecule has 0 spiro atoms. The van der Waals surface area contributed by atoms with Crippen LogP contribution in [-0.4, -0.2) is 9.97 Å². The molecule has 0 saturated carbocycles. The van der Waals surface area contributed by atoms with Crippen molar-refractivity contribution in [2.75, 3.05) is 5.73 Å². The molecule has 16 heavy (non-hydrogen) atoms. The average molecular weight is 210 g/mol. The van der Waals surface area contributed by atoms with Gasteiger partial charge in [-0.25, -0.2) is 4.98 Å². The summed E-state index contributed by atoms with van der Waals surface area (Å²) < 4.78 is 0. The van der Waals surface area contributed by atoms with E-state index < -0.39 is 0 Å². The lowest BCUT2D eigenvalue weighted by Gasteiger charge is -2.04. The number of anilines is 1. The smallest absolute Gasteiger partial charge is 0.127 e. The molecule has 2 aromatic heterocycles. The number of hydrogen-bond acceptors (Lipinski definition) is 4. The summed E-state index contributed by atoms with van der Waals surface area (Å²) in [6.07, 6.45) is 5.41. The lowest BCUT2D eigenvalue weighted by molar-refractivity contribution is 1.20. The molecule has 2 N–H and O–H groups in total. The number of hydrogen-bond donors (Lipinski definition) is 1. The van der Waals surface area contributed by atoms with Gasteiger partial charge in [-0.2, -0.15) is 5.26 Å². The van der Waals surface area contributed by atoms with E-state index in [0.717, 1.165) is 16.7 Å². The largest absolute Gasteiger partial charge is 0.383 e. The molecule has 0 aliphatic rings. The lowest BCUT2D eigenvalue weighted by atomic mass is 10.1. The molecule has 4 nitrogen and oxygen atoms in total. The number of nitrogens with two attached hydrogens (primary N) is 1. The summed E-state index contributed by atoms with van der Waals surface area (Å²) >= 11 is 0. The summed E-state index contributed by atoms with van der Waals surface area (Å²) in [4.78, 5) is 8.03. The Hall–Kier alpha value is -2.41. The van der Waals surface area contributed by atoms with Gasteiger partial charge in [0.15, 0.2) is 0 Å². The molecule has 0 bridgehead atoms. The van der Waals surface area contributed by atoms with Crippen LogP contribution >= 0.6 is 0 Å². The molecular weight excluding hydrogens is 200 g/mol. The first-order valence-corrected chi connectivity index (χ1v) is 4.83. The van der Waals surface area contributed by atoms with Crippen molar-refractivity contribution in [3.05, 3.63) is 42.4 Å². The van der Waals surface area contributed by atoms with Crippen molar-refractivity contribution in [2.45, 2.75) is 6.42 Å². The molecule has 0 radical (unpaired) electrons. The van der Waals surface area contributed by atoms with Crippen molar-refractivity contribution in [1.29, 1.82) is 5.26 Å². The molecule has 4 heteroatoms. The van der Waals surface area contributed by atoms with Crippen LogP contribution in [0.1, 0.15) is 5.56 Å². The van der Waals surface area contributed by atoms with Crippen molar-refractivity contribution in [3.8, 4) is 17.2 Å². The first kappa shape index (κ1) is 10.1. The van der Waals surface area contributed by atoms with E-state index in [4.69, 9.17) is 11.0 Å². The van der Waals surface area contributed by atoms with Crippen LogP contribution in [0.4, 0.5) is 5.82 Å². The first-order chi connectivity index (χ1) is 7.81. The van der Waals surface area contributed by atoms with Gasteiger partial charge >= 0.3 is 0 Å². The number of nitriles is 1. The molecule has 0 fully saturated rings. The van der Waals surface area contributed by atoms with Gasteiger partial charge in [0.25, 0.3) is 0 Å². The molecule has 0 unspecified atom stereocenters. The Morgan fingerprint density at radius 1 is 1.25 bits per heavy atom. The van der Waals surface area contributed by atoms with Crippen molar-refractivity contribution in [1.82, 2.24) is 9.97 Å². The van der Waals surface area contributed by atoms with Gasteiger partial charge in [-0.05, 0) is 23.8 Å². The fourth-order valence-corrected chi connectivity index (χ4v) is 1.45. The van der Waals surface area contributed by atoms with Crippen LogP contribution in [0.5, 0.6) is 0 Å². The van der Waals surface area contributed by atoms with Gasteiger partial charge in [0.1, 0.15) is 5.82 Å². The normalized spacial score (nSPS) is 9.69. The van der Waals surface area contributed by atoms with Crippen LogP contribution in [0.15, 0.2) is 36.8 Å². The topological polar surface area (TPSA) is 75.6 Å². The molecule has 0 aromatic carbocycles. The number of pyridine rings is 2. The van der Waals surface area contributed by atoms with Crippen LogP contribution in [0.3, 0.4) is 0 Å². The SMILES string of the molecule is N#CCc1cc(-c2ccncc2)cnc1N. The second-order valence-electron chi connectivity index (χ2n) is 3.34. The summed E-state index contributed by atoms with van der Waals surface area (Å²) in [5.74, 6) is 0.416. The van der Waals surface area contributed by atoms with Crippen LogP contribution in [0, 0.1) is 11.3 Å². The van der Waals surface area contributed by atoms with Crippen LogP contribution in [0.25, 0.3) is 11.1 Å². The Bertz CT molecular complexity index is 528. The van der Waals surface area contributed by atoms with Gasteiger partial charge in [0, 0.05) is 29.7 Å². The predicted molar refractivity (Wildman–Crippen MR) is 61.2 cm³/mol. The van der Waals surface area contributed by atoms with E-state index in [2.05, 4.69) is 16.0 Å². The predicted octanol–water partition coefficient (Wildman–Crippen LogP) is 1.79. The van der Waals surface area contributed by atoms with Crippen molar-refractivity contribution in [2.24, 2.45) is 0 Å². The third-order valence-corrected chi connectivity index (χ3v) is 2.28. The van der Waals surface area contributed by atoms with Gasteiger partial charge in [0.2, 0.25) is 0 Å². The number of nitrogen functional groups attached to an aromatic ring is 1. The molecule has 2 aromatic rings. The van der Waals surface area contributed by atoms with E-state index in [9.17, 15) is 0 Å². The van der Waals surface area contributed by atoms with Crippen LogP contribution in [-0.2, 0) is 6.42 Å². The summed E-state index contributed by atoms with van der Waals surface area (Å²) in [5, 5.41) is 8.66. The molecule has 0 aliphatic carbocycles. The van der Waals surface area contributed by atoms with E-state index in [1.807, 2.05) is 18.2 Å². The monoisotopic (exact) mass is 210 g/mol. The molecule has 0 atom stereocenters. The molecule has 0 amide bonds. The minimum Gasteiger partial charge on any atom is -0.383 e.